The van der Waals surface area contributed by atoms with Gasteiger partial charge >= 0.3 is 12.1 Å². The molecule has 4 rings (SSSR count). The molecule has 0 spiro atoms. The smallest absolute Gasteiger partial charge is 0.416 e. The molecule has 1 saturated carbocycles. The Morgan fingerprint density at radius 2 is 1.74 bits per heavy atom. The molecule has 1 aliphatic carbocycles. The number of methoxy groups -OCH3 is 2. The average molecular weight is 591 g/mol. The fraction of sp³-hybridized carbons (Fsp3) is 0.562. The van der Waals surface area contributed by atoms with Crippen LogP contribution in [0.4, 0.5) is 13.2 Å². The first kappa shape index (κ1) is 31.8. The first-order valence-corrected chi connectivity index (χ1v) is 14.4. The predicted octanol–water partition coefficient (Wildman–Crippen LogP) is 6.08. The highest BCUT2D eigenvalue weighted by atomic mass is 19.4. The van der Waals surface area contributed by atoms with Crippen LogP contribution in [0, 0.1) is 17.3 Å². The lowest BCUT2D eigenvalue weighted by atomic mass is 9.72. The quantitative estimate of drug-likeness (QED) is 0.388. The normalized spacial score (nSPS) is 26.7. The Hall–Kier alpha value is -3.11. The lowest BCUT2D eigenvalue weighted by Gasteiger charge is -2.36. The van der Waals surface area contributed by atoms with E-state index in [-0.39, 0.29) is 30.2 Å². The number of benzene rings is 2. The molecule has 0 bridgehead atoms. The molecular weight excluding hydrogens is 549 g/mol. The van der Waals surface area contributed by atoms with E-state index < -0.39 is 47.2 Å². The van der Waals surface area contributed by atoms with Crippen molar-refractivity contribution in [3.63, 3.8) is 0 Å². The average Bonchev–Trinajstić information content (AvgIpc) is 3.31. The van der Waals surface area contributed by atoms with Crippen LogP contribution in [0.15, 0.2) is 48.5 Å². The van der Waals surface area contributed by atoms with E-state index in [4.69, 9.17) is 9.47 Å². The van der Waals surface area contributed by atoms with Gasteiger partial charge in [0.05, 0.1) is 24.8 Å². The largest absolute Gasteiger partial charge is 0.496 e. The Kier molecular flexibility index (Phi) is 9.57. The zero-order valence-electron chi connectivity index (χ0n) is 24.8. The van der Waals surface area contributed by atoms with Crippen molar-refractivity contribution in [2.75, 3.05) is 14.2 Å². The van der Waals surface area contributed by atoms with E-state index >= 15 is 0 Å². The highest BCUT2D eigenvalue weighted by Crippen LogP contribution is 2.49. The van der Waals surface area contributed by atoms with Crippen molar-refractivity contribution in [2.24, 2.45) is 17.3 Å². The van der Waals surface area contributed by atoms with E-state index in [1.54, 1.807) is 7.11 Å². The first-order chi connectivity index (χ1) is 19.8. The zero-order valence-corrected chi connectivity index (χ0v) is 24.8. The zero-order chi connectivity index (χ0) is 30.8. The maximum atomic E-state index is 14.3. The predicted molar refractivity (Wildman–Crippen MR) is 152 cm³/mol. The first-order valence-electron chi connectivity index (χ1n) is 14.4. The van der Waals surface area contributed by atoms with Crippen molar-refractivity contribution in [1.29, 1.82) is 0 Å². The number of halogens is 3. The maximum absolute atomic E-state index is 14.3. The molecule has 4 unspecified atom stereocenters. The van der Waals surface area contributed by atoms with E-state index in [1.807, 2.05) is 51.1 Å². The van der Waals surface area contributed by atoms with E-state index in [0.717, 1.165) is 30.5 Å². The van der Waals surface area contributed by atoms with Crippen molar-refractivity contribution in [2.45, 2.75) is 83.4 Å². The van der Waals surface area contributed by atoms with E-state index in [1.165, 1.54) is 18.1 Å². The van der Waals surface area contributed by atoms with Crippen molar-refractivity contribution < 1.29 is 37.3 Å². The molecule has 0 aromatic heterocycles. The molecule has 7 nitrogen and oxygen atoms in total. The van der Waals surface area contributed by atoms with Gasteiger partial charge in [0.2, 0.25) is 5.91 Å². The second-order valence-electron chi connectivity index (χ2n) is 12.4. The van der Waals surface area contributed by atoms with Crippen LogP contribution in [0.5, 0.6) is 5.75 Å². The summed E-state index contributed by atoms with van der Waals surface area (Å²) in [5.41, 5.74) is -0.332. The van der Waals surface area contributed by atoms with Gasteiger partial charge in [-0.3, -0.25) is 4.79 Å². The van der Waals surface area contributed by atoms with Gasteiger partial charge in [-0.05, 0) is 48.4 Å². The minimum Gasteiger partial charge on any atom is -0.496 e. The molecule has 42 heavy (non-hydrogen) atoms. The number of aliphatic carboxylic acids is 1. The number of rotatable bonds is 8. The second-order valence-corrected chi connectivity index (χ2v) is 12.4. The molecule has 1 saturated heterocycles. The number of nitrogens with zero attached hydrogens (tertiary/aromatic N) is 1. The number of carbonyl (C=O) groups is 2. The summed E-state index contributed by atoms with van der Waals surface area (Å²) in [5.74, 6) is -2.01. The third-order valence-electron chi connectivity index (χ3n) is 8.76. The van der Waals surface area contributed by atoms with Gasteiger partial charge in [-0.1, -0.05) is 57.5 Å². The van der Waals surface area contributed by atoms with Crippen LogP contribution in [-0.2, 0) is 27.0 Å². The Labute approximate surface area is 245 Å². The second kappa shape index (κ2) is 12.6. The molecule has 2 aromatic rings. The Morgan fingerprint density at radius 1 is 1.05 bits per heavy atom. The van der Waals surface area contributed by atoms with Crippen LogP contribution in [-0.4, -0.2) is 54.3 Å². The number of amides is 1. The van der Waals surface area contributed by atoms with Crippen LogP contribution in [0.3, 0.4) is 0 Å². The summed E-state index contributed by atoms with van der Waals surface area (Å²) in [4.78, 5) is 28.9. The number of hydrogen-bond donors (Lipinski definition) is 2. The van der Waals surface area contributed by atoms with Crippen LogP contribution in [0.1, 0.15) is 69.2 Å². The monoisotopic (exact) mass is 590 g/mol. The van der Waals surface area contributed by atoms with Gasteiger partial charge in [-0.2, -0.15) is 13.2 Å². The molecule has 1 aliphatic heterocycles. The molecule has 2 N–H and O–H groups in total. The third kappa shape index (κ3) is 6.59. The number of carboxylic acids is 1. The molecule has 2 aliphatic rings. The van der Waals surface area contributed by atoms with Gasteiger partial charge in [-0.15, -0.1) is 0 Å². The summed E-state index contributed by atoms with van der Waals surface area (Å²) in [5, 5.41) is 14.1. The Balaban J connectivity index is 1.81. The molecule has 0 radical (unpaired) electrons. The van der Waals surface area contributed by atoms with Crippen LogP contribution in [0.25, 0.3) is 0 Å². The number of ether oxygens (including phenoxy) is 2. The van der Waals surface area contributed by atoms with Gasteiger partial charge in [0.15, 0.2) is 0 Å². The molecule has 2 aromatic carbocycles. The van der Waals surface area contributed by atoms with Crippen molar-refractivity contribution in [3.8, 4) is 5.75 Å². The van der Waals surface area contributed by atoms with E-state index in [2.05, 4.69) is 5.32 Å². The third-order valence-corrected chi connectivity index (χ3v) is 8.76. The molecule has 2 fully saturated rings. The topological polar surface area (TPSA) is 88.1 Å². The highest BCUT2D eigenvalue weighted by molar-refractivity contribution is 5.87. The highest BCUT2D eigenvalue weighted by Gasteiger charge is 2.58. The van der Waals surface area contributed by atoms with Crippen molar-refractivity contribution in [3.05, 3.63) is 65.2 Å². The van der Waals surface area contributed by atoms with Crippen LogP contribution < -0.4 is 10.1 Å². The van der Waals surface area contributed by atoms with Crippen LogP contribution >= 0.6 is 0 Å². The summed E-state index contributed by atoms with van der Waals surface area (Å²) in [6.45, 7) is 5.79. The Bertz CT molecular complexity index is 1250. The number of nitrogens with one attached hydrogen (secondary N) is 1. The molecule has 10 heteroatoms. The number of alkyl halides is 3. The number of carbonyl (C=O) groups excluding carboxylic acids is 1. The molecule has 6 atom stereocenters. The summed E-state index contributed by atoms with van der Waals surface area (Å²) < 4.78 is 51.7. The lowest BCUT2D eigenvalue weighted by molar-refractivity contribution is -0.155. The van der Waals surface area contributed by atoms with Gasteiger partial charge in [0.1, 0.15) is 11.8 Å². The van der Waals surface area contributed by atoms with Crippen LogP contribution in [0.2, 0.25) is 0 Å². The minimum atomic E-state index is -4.54. The maximum Gasteiger partial charge on any atom is 0.416 e. The fourth-order valence-corrected chi connectivity index (χ4v) is 6.84. The summed E-state index contributed by atoms with van der Waals surface area (Å²) in [7, 11) is 3.02. The summed E-state index contributed by atoms with van der Waals surface area (Å²) in [6.07, 6.45) is -1.81. The minimum absolute atomic E-state index is 0.0166. The molecule has 1 amide bonds. The molecule has 230 valence electrons. The Morgan fingerprint density at radius 3 is 2.31 bits per heavy atom. The summed E-state index contributed by atoms with van der Waals surface area (Å²) in [6, 6.07) is 10.2. The van der Waals surface area contributed by atoms with Crippen molar-refractivity contribution >= 4 is 11.9 Å². The van der Waals surface area contributed by atoms with Gasteiger partial charge in [0.25, 0.3) is 0 Å². The van der Waals surface area contributed by atoms with Gasteiger partial charge < -0.3 is 24.8 Å². The standard InChI is InChI=1S/C32H41F3N2O5/c1-31(2,3)25-26(36-18-21-16-22(32(33,34)35)14-15-24(21)42-5)27(19-10-7-6-8-11-19)37(28(25)30(39)40)29(38)20-12-9-13-23(17-20)41-4/h6-8,10-11,14-16,20,23,25-28,36H,9,12-13,17-18H2,1-5H3,(H,39,40)/t20-,23-,25?,26?,27?,28?/m1/s1. The fourth-order valence-electron chi connectivity index (χ4n) is 6.84. The van der Waals surface area contributed by atoms with Crippen molar-refractivity contribution in [1.82, 2.24) is 10.2 Å². The number of carboxylic acid groups (broad SMARTS) is 1. The van der Waals surface area contributed by atoms with Gasteiger partial charge in [-0.25, -0.2) is 4.79 Å². The van der Waals surface area contributed by atoms with Gasteiger partial charge in [0, 0.05) is 37.1 Å². The van der Waals surface area contributed by atoms with E-state index in [9.17, 15) is 27.9 Å². The lowest BCUT2D eigenvalue weighted by Crippen LogP contribution is -2.49. The number of likely N-dealkylation sites (tertiary alicyclic amines) is 1. The SMILES string of the molecule is COc1ccc(C(F)(F)F)cc1CNC1C(c2ccccc2)N(C(=O)[C@@H]2CCC[C@@H](OC)C2)C(C(=O)O)C1C(C)(C)C. The summed E-state index contributed by atoms with van der Waals surface area (Å²) >= 11 is 0. The number of hydrogen-bond acceptors (Lipinski definition) is 5. The van der Waals surface area contributed by atoms with E-state index in [0.29, 0.717) is 18.4 Å². The molecular formula is C32H41F3N2O5. The molecule has 1 heterocycles.